The van der Waals surface area contributed by atoms with E-state index in [9.17, 15) is 0 Å². The van der Waals surface area contributed by atoms with Gasteiger partial charge in [-0.05, 0) is 38.3 Å². The molecule has 3 rings (SSSR count). The normalized spacial score (nSPS) is 29.2. The number of benzene rings is 1. The van der Waals surface area contributed by atoms with E-state index in [0.717, 1.165) is 26.0 Å². The van der Waals surface area contributed by atoms with Gasteiger partial charge in [0.1, 0.15) is 0 Å². The Hall–Kier alpha value is -0.510. The smallest absolute Gasteiger partial charge is 0.0641 e. The van der Waals surface area contributed by atoms with Crippen molar-refractivity contribution in [2.24, 2.45) is 0 Å². The average molecular weight is 277 g/mol. The Morgan fingerprint density at radius 3 is 3.05 bits per heavy atom. The Kier molecular flexibility index (Phi) is 3.88. The van der Waals surface area contributed by atoms with Crippen molar-refractivity contribution in [1.82, 2.24) is 5.32 Å². The first kappa shape index (κ1) is 13.5. The minimum absolute atomic E-state index is 0.0399. The van der Waals surface area contributed by atoms with Gasteiger partial charge in [0.05, 0.1) is 5.60 Å². The van der Waals surface area contributed by atoms with Crippen molar-refractivity contribution in [1.29, 1.82) is 0 Å². The lowest BCUT2D eigenvalue weighted by Gasteiger charge is -2.36. The van der Waals surface area contributed by atoms with Crippen LogP contribution in [0.4, 0.5) is 0 Å². The van der Waals surface area contributed by atoms with Crippen molar-refractivity contribution in [2.45, 2.75) is 49.1 Å². The standard InChI is InChI=1S/C16H23NOS/c1-16(2)9-13(7-8-18-16)17-10-12-11-19-15-6-4-3-5-14(12)15/h3-6,12-13,17H,7-11H2,1-2H3. The molecule has 1 N–H and O–H groups in total. The van der Waals surface area contributed by atoms with Crippen LogP contribution in [-0.4, -0.2) is 30.5 Å². The largest absolute Gasteiger partial charge is 0.375 e. The summed E-state index contributed by atoms with van der Waals surface area (Å²) in [6, 6.07) is 9.45. The Balaban J connectivity index is 1.56. The SMILES string of the molecule is CC1(C)CC(NCC2CSc3ccccc32)CCO1. The summed E-state index contributed by atoms with van der Waals surface area (Å²) in [5.74, 6) is 1.89. The fourth-order valence-corrected chi connectivity index (χ4v) is 4.37. The third kappa shape index (κ3) is 3.15. The Morgan fingerprint density at radius 2 is 2.21 bits per heavy atom. The third-order valence-corrected chi connectivity index (χ3v) is 5.40. The highest BCUT2D eigenvalue weighted by Crippen LogP contribution is 2.39. The van der Waals surface area contributed by atoms with Crippen LogP contribution < -0.4 is 5.32 Å². The van der Waals surface area contributed by atoms with Gasteiger partial charge in [0, 0.05) is 35.8 Å². The highest BCUT2D eigenvalue weighted by Gasteiger charge is 2.30. The molecule has 2 aliphatic rings. The molecule has 2 unspecified atom stereocenters. The van der Waals surface area contributed by atoms with Crippen molar-refractivity contribution in [3.63, 3.8) is 0 Å². The quantitative estimate of drug-likeness (QED) is 0.914. The van der Waals surface area contributed by atoms with Crippen molar-refractivity contribution >= 4 is 11.8 Å². The van der Waals surface area contributed by atoms with Gasteiger partial charge in [-0.1, -0.05) is 18.2 Å². The molecule has 3 heteroatoms. The van der Waals surface area contributed by atoms with Crippen LogP contribution in [0.1, 0.15) is 38.2 Å². The number of nitrogens with one attached hydrogen (secondary N) is 1. The highest BCUT2D eigenvalue weighted by atomic mass is 32.2. The molecule has 0 aromatic heterocycles. The summed E-state index contributed by atoms with van der Waals surface area (Å²) in [6.45, 7) is 6.38. The molecule has 2 nitrogen and oxygen atoms in total. The van der Waals surface area contributed by atoms with Crippen LogP contribution in [0.2, 0.25) is 0 Å². The Labute approximate surface area is 120 Å². The summed E-state index contributed by atoms with van der Waals surface area (Å²) in [7, 11) is 0. The van der Waals surface area contributed by atoms with Gasteiger partial charge in [-0.3, -0.25) is 0 Å². The molecule has 0 spiro atoms. The maximum absolute atomic E-state index is 5.78. The first-order chi connectivity index (χ1) is 9.14. The summed E-state index contributed by atoms with van der Waals surface area (Å²) >= 11 is 2.00. The molecule has 0 saturated carbocycles. The molecular formula is C16H23NOS. The fraction of sp³-hybridized carbons (Fsp3) is 0.625. The maximum Gasteiger partial charge on any atom is 0.0641 e. The molecule has 1 fully saturated rings. The van der Waals surface area contributed by atoms with Crippen molar-refractivity contribution in [2.75, 3.05) is 18.9 Å². The number of thioether (sulfide) groups is 1. The van der Waals surface area contributed by atoms with Gasteiger partial charge in [0.15, 0.2) is 0 Å². The van der Waals surface area contributed by atoms with Crippen molar-refractivity contribution in [3.8, 4) is 0 Å². The summed E-state index contributed by atoms with van der Waals surface area (Å²) < 4.78 is 5.78. The van der Waals surface area contributed by atoms with Crippen LogP contribution >= 0.6 is 11.8 Å². The van der Waals surface area contributed by atoms with Crippen LogP contribution in [0.5, 0.6) is 0 Å². The van der Waals surface area contributed by atoms with Crippen molar-refractivity contribution in [3.05, 3.63) is 29.8 Å². The second-order valence-electron chi connectivity index (χ2n) is 6.25. The lowest BCUT2D eigenvalue weighted by atomic mass is 9.93. The number of fused-ring (bicyclic) bond motifs is 1. The summed E-state index contributed by atoms with van der Waals surface area (Å²) in [4.78, 5) is 1.47. The Bertz CT molecular complexity index is 446. The van der Waals surface area contributed by atoms with Crippen LogP contribution in [-0.2, 0) is 4.74 Å². The zero-order chi connectivity index (χ0) is 13.3. The van der Waals surface area contributed by atoms with E-state index in [0.29, 0.717) is 12.0 Å². The number of rotatable bonds is 3. The zero-order valence-corrected chi connectivity index (χ0v) is 12.6. The zero-order valence-electron chi connectivity index (χ0n) is 11.8. The molecule has 0 aliphatic carbocycles. The number of hydrogen-bond donors (Lipinski definition) is 1. The molecule has 0 amide bonds. The molecule has 0 radical (unpaired) electrons. The third-order valence-electron chi connectivity index (χ3n) is 4.15. The first-order valence-electron chi connectivity index (χ1n) is 7.23. The average Bonchev–Trinajstić information content (AvgIpc) is 2.78. The first-order valence-corrected chi connectivity index (χ1v) is 8.22. The molecular weight excluding hydrogens is 254 g/mol. The monoisotopic (exact) mass is 277 g/mol. The van der Waals surface area contributed by atoms with Crippen molar-refractivity contribution < 1.29 is 4.74 Å². The second-order valence-corrected chi connectivity index (χ2v) is 7.31. The minimum Gasteiger partial charge on any atom is -0.375 e. The highest BCUT2D eigenvalue weighted by molar-refractivity contribution is 7.99. The molecule has 0 bridgehead atoms. The number of ether oxygens (including phenoxy) is 1. The van der Waals surface area contributed by atoms with Crippen LogP contribution in [0.15, 0.2) is 29.2 Å². The molecule has 1 aromatic rings. The molecule has 1 aromatic carbocycles. The molecule has 2 atom stereocenters. The van der Waals surface area contributed by atoms with E-state index in [1.807, 2.05) is 11.8 Å². The topological polar surface area (TPSA) is 21.3 Å². The Morgan fingerprint density at radius 1 is 1.37 bits per heavy atom. The second kappa shape index (κ2) is 5.47. The van der Waals surface area contributed by atoms with Gasteiger partial charge in [0.25, 0.3) is 0 Å². The molecule has 104 valence electrons. The van der Waals surface area contributed by atoms with E-state index in [2.05, 4.69) is 43.4 Å². The van der Waals surface area contributed by atoms with Gasteiger partial charge in [-0.2, -0.15) is 0 Å². The maximum atomic E-state index is 5.78. The molecule has 2 aliphatic heterocycles. The lowest BCUT2D eigenvalue weighted by Crippen LogP contribution is -2.44. The van der Waals surface area contributed by atoms with E-state index in [1.165, 1.54) is 16.2 Å². The predicted octanol–water partition coefficient (Wildman–Crippen LogP) is 3.42. The van der Waals surface area contributed by atoms with E-state index < -0.39 is 0 Å². The molecule has 2 heterocycles. The van der Waals surface area contributed by atoms with Gasteiger partial charge < -0.3 is 10.1 Å². The fourth-order valence-electron chi connectivity index (χ4n) is 3.11. The van der Waals surface area contributed by atoms with Gasteiger partial charge in [-0.25, -0.2) is 0 Å². The molecule has 1 saturated heterocycles. The van der Waals surface area contributed by atoms with E-state index in [-0.39, 0.29) is 5.60 Å². The predicted molar refractivity (Wildman–Crippen MR) is 81.0 cm³/mol. The summed E-state index contributed by atoms with van der Waals surface area (Å²) in [5, 5.41) is 3.77. The molecule has 19 heavy (non-hydrogen) atoms. The van der Waals surface area contributed by atoms with Gasteiger partial charge >= 0.3 is 0 Å². The van der Waals surface area contributed by atoms with E-state index >= 15 is 0 Å². The van der Waals surface area contributed by atoms with E-state index in [1.54, 1.807) is 0 Å². The van der Waals surface area contributed by atoms with Gasteiger partial charge in [-0.15, -0.1) is 11.8 Å². The van der Waals surface area contributed by atoms with Crippen LogP contribution in [0.25, 0.3) is 0 Å². The summed E-state index contributed by atoms with van der Waals surface area (Å²) in [5.41, 5.74) is 1.57. The van der Waals surface area contributed by atoms with Crippen LogP contribution in [0, 0.1) is 0 Å². The summed E-state index contributed by atoms with van der Waals surface area (Å²) in [6.07, 6.45) is 2.26. The van der Waals surface area contributed by atoms with Crippen LogP contribution in [0.3, 0.4) is 0 Å². The van der Waals surface area contributed by atoms with Gasteiger partial charge in [0.2, 0.25) is 0 Å². The van der Waals surface area contributed by atoms with E-state index in [4.69, 9.17) is 4.74 Å². The minimum atomic E-state index is 0.0399. The lowest BCUT2D eigenvalue weighted by molar-refractivity contribution is -0.0628. The number of hydrogen-bond acceptors (Lipinski definition) is 3.